The van der Waals surface area contributed by atoms with E-state index in [1.807, 2.05) is 6.92 Å². The van der Waals surface area contributed by atoms with Crippen molar-refractivity contribution in [2.24, 2.45) is 5.41 Å². The molecule has 0 radical (unpaired) electrons. The number of allylic oxidation sites excluding steroid dienone is 2. The molecule has 0 bridgehead atoms. The van der Waals surface area contributed by atoms with Gasteiger partial charge in [0.25, 0.3) is 0 Å². The number of Topliss-reactive ketones (excluding diaryl/α,β-unsaturated/α-hetero) is 1. The summed E-state index contributed by atoms with van der Waals surface area (Å²) in [7, 11) is 0. The Morgan fingerprint density at radius 3 is 2.23 bits per heavy atom. The van der Waals surface area contributed by atoms with E-state index in [1.54, 1.807) is 0 Å². The third kappa shape index (κ3) is 1.43. The van der Waals surface area contributed by atoms with Gasteiger partial charge in [0.2, 0.25) is 0 Å². The SMILES string of the molecule is CC1(C(=O)C(Cl)=C2CCC2)CCC1. The number of halogens is 1. The lowest BCUT2D eigenvalue weighted by atomic mass is 9.67. The fourth-order valence-corrected chi connectivity index (χ4v) is 2.35. The van der Waals surface area contributed by atoms with Crippen molar-refractivity contribution in [3.8, 4) is 0 Å². The van der Waals surface area contributed by atoms with Crippen LogP contribution in [0.15, 0.2) is 10.6 Å². The number of carbonyl (C=O) groups is 1. The van der Waals surface area contributed by atoms with Crippen molar-refractivity contribution in [2.45, 2.75) is 45.4 Å². The zero-order chi connectivity index (χ0) is 9.47. The number of rotatable bonds is 2. The predicted octanol–water partition coefficient (Wildman–Crippen LogP) is 3.42. The fraction of sp³-hybridized carbons (Fsp3) is 0.727. The third-order valence-electron chi connectivity index (χ3n) is 3.47. The zero-order valence-electron chi connectivity index (χ0n) is 8.03. The van der Waals surface area contributed by atoms with Crippen LogP contribution in [0.25, 0.3) is 0 Å². The highest BCUT2D eigenvalue weighted by atomic mass is 35.5. The summed E-state index contributed by atoms with van der Waals surface area (Å²) < 4.78 is 0. The molecule has 0 amide bonds. The Morgan fingerprint density at radius 1 is 1.31 bits per heavy atom. The van der Waals surface area contributed by atoms with Crippen LogP contribution in [0, 0.1) is 5.41 Å². The van der Waals surface area contributed by atoms with Gasteiger partial charge in [-0.2, -0.15) is 0 Å². The Balaban J connectivity index is 2.12. The summed E-state index contributed by atoms with van der Waals surface area (Å²) in [5.74, 6) is 0.204. The van der Waals surface area contributed by atoms with Crippen LogP contribution in [0.3, 0.4) is 0 Å². The number of carbonyl (C=O) groups excluding carboxylic acids is 1. The first kappa shape index (κ1) is 9.26. The Labute approximate surface area is 84.2 Å². The molecule has 72 valence electrons. The first-order chi connectivity index (χ1) is 6.13. The largest absolute Gasteiger partial charge is 0.293 e. The van der Waals surface area contributed by atoms with Crippen LogP contribution >= 0.6 is 11.6 Å². The van der Waals surface area contributed by atoms with Crippen LogP contribution in [0.4, 0.5) is 0 Å². The van der Waals surface area contributed by atoms with Crippen molar-refractivity contribution in [1.82, 2.24) is 0 Å². The van der Waals surface area contributed by atoms with Gasteiger partial charge >= 0.3 is 0 Å². The molecule has 1 nitrogen and oxygen atoms in total. The maximum Gasteiger partial charge on any atom is 0.179 e. The average molecular weight is 199 g/mol. The molecule has 0 atom stereocenters. The number of ketones is 1. The molecule has 2 saturated carbocycles. The normalized spacial score (nSPS) is 24.6. The summed E-state index contributed by atoms with van der Waals surface area (Å²) in [6.45, 7) is 2.04. The molecule has 0 aromatic rings. The van der Waals surface area contributed by atoms with Gasteiger partial charge in [-0.25, -0.2) is 0 Å². The predicted molar refractivity (Wildman–Crippen MR) is 53.7 cm³/mol. The Bertz CT molecular complexity index is 268. The van der Waals surface area contributed by atoms with Gasteiger partial charge in [-0.1, -0.05) is 24.9 Å². The molecule has 0 saturated heterocycles. The minimum Gasteiger partial charge on any atom is -0.293 e. The third-order valence-corrected chi connectivity index (χ3v) is 3.91. The highest BCUT2D eigenvalue weighted by Gasteiger charge is 2.41. The van der Waals surface area contributed by atoms with Crippen LogP contribution in [0.5, 0.6) is 0 Å². The van der Waals surface area contributed by atoms with E-state index in [4.69, 9.17) is 11.6 Å². The molecule has 13 heavy (non-hydrogen) atoms. The molecule has 0 N–H and O–H groups in total. The molecule has 2 fully saturated rings. The molecule has 2 rings (SSSR count). The minimum atomic E-state index is -0.111. The summed E-state index contributed by atoms with van der Waals surface area (Å²) in [5, 5.41) is 0.563. The lowest BCUT2D eigenvalue weighted by molar-refractivity contribution is -0.127. The van der Waals surface area contributed by atoms with E-state index in [0.717, 1.165) is 25.7 Å². The lowest BCUT2D eigenvalue weighted by Crippen LogP contribution is -2.35. The second kappa shape index (κ2) is 3.13. The summed E-state index contributed by atoms with van der Waals surface area (Å²) in [4.78, 5) is 11.9. The van der Waals surface area contributed by atoms with Crippen molar-refractivity contribution < 1.29 is 4.79 Å². The molecule has 0 aromatic heterocycles. The zero-order valence-corrected chi connectivity index (χ0v) is 8.78. The molecule has 2 aliphatic rings. The van der Waals surface area contributed by atoms with E-state index < -0.39 is 0 Å². The van der Waals surface area contributed by atoms with Gasteiger partial charge in [-0.15, -0.1) is 0 Å². The van der Waals surface area contributed by atoms with Crippen LogP contribution < -0.4 is 0 Å². The van der Waals surface area contributed by atoms with Crippen LogP contribution in [-0.4, -0.2) is 5.78 Å². The van der Waals surface area contributed by atoms with Crippen molar-refractivity contribution in [2.75, 3.05) is 0 Å². The summed E-state index contributed by atoms with van der Waals surface area (Å²) in [6, 6.07) is 0. The van der Waals surface area contributed by atoms with Gasteiger partial charge < -0.3 is 0 Å². The van der Waals surface area contributed by atoms with Gasteiger partial charge in [-0.3, -0.25) is 4.79 Å². The van der Waals surface area contributed by atoms with Crippen molar-refractivity contribution in [3.63, 3.8) is 0 Å². The standard InChI is InChI=1S/C11H15ClO/c1-11(6-3-7-11)10(13)9(12)8-4-2-5-8/h2-7H2,1H3. The topological polar surface area (TPSA) is 17.1 Å². The second-order valence-electron chi connectivity index (χ2n) is 4.51. The highest BCUT2D eigenvalue weighted by Crippen LogP contribution is 2.45. The molecular weight excluding hydrogens is 184 g/mol. The van der Waals surface area contributed by atoms with E-state index >= 15 is 0 Å². The lowest BCUT2D eigenvalue weighted by Gasteiger charge is -2.37. The van der Waals surface area contributed by atoms with Gasteiger partial charge in [0.05, 0.1) is 5.03 Å². The molecule has 2 heteroatoms. The maximum atomic E-state index is 11.9. The Morgan fingerprint density at radius 2 is 1.92 bits per heavy atom. The molecule has 0 aromatic carbocycles. The number of hydrogen-bond donors (Lipinski definition) is 0. The first-order valence-electron chi connectivity index (χ1n) is 5.06. The molecule has 0 spiro atoms. The quantitative estimate of drug-likeness (QED) is 0.622. The van der Waals surface area contributed by atoms with Gasteiger partial charge in [-0.05, 0) is 37.7 Å². The van der Waals surface area contributed by atoms with Gasteiger partial charge in [0.15, 0.2) is 5.78 Å². The molecule has 0 unspecified atom stereocenters. The average Bonchev–Trinajstić information content (AvgIpc) is 1.95. The maximum absolute atomic E-state index is 11.9. The Hall–Kier alpha value is -0.300. The van der Waals surface area contributed by atoms with Crippen LogP contribution in [0.1, 0.15) is 45.4 Å². The van der Waals surface area contributed by atoms with E-state index in [1.165, 1.54) is 18.4 Å². The second-order valence-corrected chi connectivity index (χ2v) is 4.89. The first-order valence-corrected chi connectivity index (χ1v) is 5.44. The summed E-state index contributed by atoms with van der Waals surface area (Å²) >= 11 is 6.06. The molecule has 0 heterocycles. The molecule has 2 aliphatic carbocycles. The molecular formula is C11H15ClO. The monoisotopic (exact) mass is 198 g/mol. The van der Waals surface area contributed by atoms with E-state index in [-0.39, 0.29) is 11.2 Å². The van der Waals surface area contributed by atoms with Gasteiger partial charge in [0.1, 0.15) is 0 Å². The van der Waals surface area contributed by atoms with Gasteiger partial charge in [0, 0.05) is 5.41 Å². The van der Waals surface area contributed by atoms with Crippen LogP contribution in [-0.2, 0) is 4.79 Å². The minimum absolute atomic E-state index is 0.111. The highest BCUT2D eigenvalue weighted by molar-refractivity contribution is 6.43. The molecule has 0 aliphatic heterocycles. The summed E-state index contributed by atoms with van der Waals surface area (Å²) in [5.41, 5.74) is 1.08. The summed E-state index contributed by atoms with van der Waals surface area (Å²) in [6.07, 6.45) is 6.52. The van der Waals surface area contributed by atoms with E-state index in [0.29, 0.717) is 5.03 Å². The smallest absolute Gasteiger partial charge is 0.179 e. The van der Waals surface area contributed by atoms with Crippen molar-refractivity contribution in [3.05, 3.63) is 10.6 Å². The number of hydrogen-bond acceptors (Lipinski definition) is 1. The van der Waals surface area contributed by atoms with E-state index in [2.05, 4.69) is 0 Å². The van der Waals surface area contributed by atoms with Crippen molar-refractivity contribution in [1.29, 1.82) is 0 Å². The van der Waals surface area contributed by atoms with Crippen LogP contribution in [0.2, 0.25) is 0 Å². The Kier molecular flexibility index (Phi) is 2.23. The van der Waals surface area contributed by atoms with Crippen molar-refractivity contribution >= 4 is 17.4 Å². The fourth-order valence-electron chi connectivity index (χ4n) is 1.93. The van der Waals surface area contributed by atoms with E-state index in [9.17, 15) is 4.79 Å².